The molecule has 0 aliphatic heterocycles. The van der Waals surface area contributed by atoms with Crippen LogP contribution in [0.1, 0.15) is 18.1 Å². The quantitative estimate of drug-likeness (QED) is 0.333. The number of nitrogens with one attached hydrogen (secondary N) is 1. The number of methoxy groups -OCH3 is 1. The Morgan fingerprint density at radius 2 is 2.00 bits per heavy atom. The predicted molar refractivity (Wildman–Crippen MR) is 105 cm³/mol. The molecule has 2 rings (SSSR count). The normalized spacial score (nSPS) is 10.7. The lowest BCUT2D eigenvalue weighted by Gasteiger charge is -2.11. The molecule has 0 aliphatic carbocycles. The van der Waals surface area contributed by atoms with Gasteiger partial charge in [0.15, 0.2) is 11.5 Å². The van der Waals surface area contributed by atoms with Crippen LogP contribution in [0.2, 0.25) is 0 Å². The van der Waals surface area contributed by atoms with Gasteiger partial charge in [0.2, 0.25) is 0 Å². The topological polar surface area (TPSA) is 88.4 Å². The highest BCUT2D eigenvalue weighted by atomic mass is 79.9. The number of carbonyl (C=O) groups is 2. The van der Waals surface area contributed by atoms with Gasteiger partial charge in [-0.25, -0.2) is 0 Å². The van der Waals surface area contributed by atoms with Gasteiger partial charge in [0.25, 0.3) is 5.91 Å². The van der Waals surface area contributed by atoms with Crippen molar-refractivity contribution < 1.29 is 19.1 Å². The van der Waals surface area contributed by atoms with Crippen molar-refractivity contribution in [3.05, 3.63) is 57.6 Å². The minimum atomic E-state index is -0.526. The summed E-state index contributed by atoms with van der Waals surface area (Å²) >= 11 is 3.31. The summed E-state index contributed by atoms with van der Waals surface area (Å²) < 4.78 is 10.8. The van der Waals surface area contributed by atoms with Gasteiger partial charge < -0.3 is 14.8 Å². The maximum Gasteiger partial charge on any atom is 0.308 e. The number of hydrogen-bond donors (Lipinski definition) is 1. The molecule has 0 unspecified atom stereocenters. The molecule has 6 nitrogen and oxygen atoms in total. The largest absolute Gasteiger partial charge is 0.493 e. The highest BCUT2D eigenvalue weighted by Crippen LogP contribution is 2.37. The average molecular weight is 429 g/mol. The Kier molecular flexibility index (Phi) is 6.74. The molecular weight excluding hydrogens is 412 g/mol. The minimum absolute atomic E-state index is 0.0781. The summed E-state index contributed by atoms with van der Waals surface area (Å²) in [5.41, 5.74) is 2.05. The number of carbonyl (C=O) groups excluding carboxylic acids is 2. The van der Waals surface area contributed by atoms with Crippen LogP contribution in [0.25, 0.3) is 6.08 Å². The van der Waals surface area contributed by atoms with Crippen LogP contribution in [0, 0.1) is 18.3 Å². The predicted octanol–water partition coefficient (Wildman–Crippen LogP) is 4.24. The van der Waals surface area contributed by atoms with Crippen molar-refractivity contribution in [1.29, 1.82) is 5.26 Å². The van der Waals surface area contributed by atoms with Crippen molar-refractivity contribution >= 4 is 39.6 Å². The lowest BCUT2D eigenvalue weighted by Crippen LogP contribution is -2.13. The molecule has 2 aromatic carbocycles. The Bertz CT molecular complexity index is 961. The number of anilines is 1. The van der Waals surface area contributed by atoms with E-state index in [0.717, 1.165) is 5.56 Å². The summed E-state index contributed by atoms with van der Waals surface area (Å²) in [7, 11) is 1.43. The highest BCUT2D eigenvalue weighted by molar-refractivity contribution is 9.10. The average Bonchev–Trinajstić information content (AvgIpc) is 2.61. The summed E-state index contributed by atoms with van der Waals surface area (Å²) in [4.78, 5) is 23.6. The number of amides is 1. The van der Waals surface area contributed by atoms with Crippen molar-refractivity contribution in [2.24, 2.45) is 0 Å². The molecule has 27 heavy (non-hydrogen) atoms. The van der Waals surface area contributed by atoms with Crippen molar-refractivity contribution in [2.75, 3.05) is 12.4 Å². The molecule has 0 aliphatic rings. The van der Waals surface area contributed by atoms with Crippen LogP contribution in [-0.2, 0) is 9.59 Å². The second-order valence-electron chi connectivity index (χ2n) is 5.62. The maximum atomic E-state index is 12.4. The fourth-order valence-corrected chi connectivity index (χ4v) is 2.84. The smallest absolute Gasteiger partial charge is 0.308 e. The molecular formula is C20H17BrN2O4. The van der Waals surface area contributed by atoms with E-state index in [-0.39, 0.29) is 11.3 Å². The van der Waals surface area contributed by atoms with E-state index in [9.17, 15) is 14.9 Å². The molecule has 0 saturated carbocycles. The standard InChI is InChI=1S/C20H17BrN2O4/c1-12-5-4-6-16(7-12)23-20(25)15(11-22)8-14-9-17(21)19(27-13(2)24)18(10-14)26-3/h4-10H,1-3H3,(H,23,25)/b15-8+. The van der Waals surface area contributed by atoms with Crippen molar-refractivity contribution in [3.8, 4) is 17.6 Å². The van der Waals surface area contributed by atoms with Crippen molar-refractivity contribution in [2.45, 2.75) is 13.8 Å². The molecule has 0 radical (unpaired) electrons. The number of halogens is 1. The lowest BCUT2D eigenvalue weighted by atomic mass is 10.1. The van der Waals surface area contributed by atoms with Crippen LogP contribution in [-0.4, -0.2) is 19.0 Å². The Hall–Kier alpha value is -3.11. The van der Waals surface area contributed by atoms with Crippen LogP contribution in [0.3, 0.4) is 0 Å². The second kappa shape index (κ2) is 9.01. The van der Waals surface area contributed by atoms with Gasteiger partial charge in [0.05, 0.1) is 11.6 Å². The van der Waals surface area contributed by atoms with Gasteiger partial charge in [0.1, 0.15) is 11.6 Å². The second-order valence-corrected chi connectivity index (χ2v) is 6.48. The summed E-state index contributed by atoms with van der Waals surface area (Å²) in [6, 6.07) is 12.4. The number of ether oxygens (including phenoxy) is 2. The summed E-state index contributed by atoms with van der Waals surface area (Å²) in [6.07, 6.45) is 1.43. The molecule has 0 fully saturated rings. The first-order valence-electron chi connectivity index (χ1n) is 7.89. The Labute approximate surface area is 165 Å². The van der Waals surface area contributed by atoms with Crippen molar-refractivity contribution in [1.82, 2.24) is 0 Å². The van der Waals surface area contributed by atoms with E-state index in [1.807, 2.05) is 25.1 Å². The Balaban J connectivity index is 2.34. The third-order valence-electron chi connectivity index (χ3n) is 3.45. The van der Waals surface area contributed by atoms with Crippen LogP contribution in [0.5, 0.6) is 11.5 Å². The summed E-state index contributed by atoms with van der Waals surface area (Å²) in [5, 5.41) is 12.1. The summed E-state index contributed by atoms with van der Waals surface area (Å²) in [6.45, 7) is 3.19. The molecule has 138 valence electrons. The number of esters is 1. The van der Waals surface area contributed by atoms with Crippen LogP contribution >= 0.6 is 15.9 Å². The third kappa shape index (κ3) is 5.43. The number of nitrogens with zero attached hydrogens (tertiary/aromatic N) is 1. The van der Waals surface area contributed by atoms with Gasteiger partial charge in [-0.2, -0.15) is 5.26 Å². The fourth-order valence-electron chi connectivity index (χ4n) is 2.30. The first kappa shape index (κ1) is 20.2. The molecule has 1 amide bonds. The molecule has 0 spiro atoms. The SMILES string of the molecule is COc1cc(/C=C(\C#N)C(=O)Nc2cccc(C)c2)cc(Br)c1OC(C)=O. The third-order valence-corrected chi connectivity index (χ3v) is 4.04. The van der Waals surface area contributed by atoms with Gasteiger partial charge in [-0.3, -0.25) is 9.59 Å². The minimum Gasteiger partial charge on any atom is -0.493 e. The first-order chi connectivity index (χ1) is 12.8. The molecule has 1 N–H and O–H groups in total. The zero-order chi connectivity index (χ0) is 20.0. The molecule has 0 saturated heterocycles. The zero-order valence-electron chi connectivity index (χ0n) is 15.0. The monoisotopic (exact) mass is 428 g/mol. The number of benzene rings is 2. The van der Waals surface area contributed by atoms with E-state index >= 15 is 0 Å². The Morgan fingerprint density at radius 3 is 2.59 bits per heavy atom. The van der Waals surface area contributed by atoms with E-state index in [2.05, 4.69) is 21.2 Å². The highest BCUT2D eigenvalue weighted by Gasteiger charge is 2.15. The van der Waals surface area contributed by atoms with Gasteiger partial charge in [-0.1, -0.05) is 12.1 Å². The van der Waals surface area contributed by atoms with Crippen LogP contribution in [0.15, 0.2) is 46.4 Å². The van der Waals surface area contributed by atoms with E-state index < -0.39 is 11.9 Å². The van der Waals surface area contributed by atoms with Crippen LogP contribution in [0.4, 0.5) is 5.69 Å². The molecule has 2 aromatic rings. The van der Waals surface area contributed by atoms with Gasteiger partial charge >= 0.3 is 5.97 Å². The van der Waals surface area contributed by atoms with E-state index in [1.165, 1.54) is 20.1 Å². The lowest BCUT2D eigenvalue weighted by molar-refractivity contribution is -0.132. The molecule has 0 heterocycles. The maximum absolute atomic E-state index is 12.4. The first-order valence-corrected chi connectivity index (χ1v) is 8.69. The van der Waals surface area contributed by atoms with E-state index in [1.54, 1.807) is 24.3 Å². The number of nitriles is 1. The van der Waals surface area contributed by atoms with E-state index in [4.69, 9.17) is 9.47 Å². The van der Waals surface area contributed by atoms with Gasteiger partial charge in [0, 0.05) is 12.6 Å². The number of rotatable bonds is 5. The van der Waals surface area contributed by atoms with Crippen molar-refractivity contribution in [3.63, 3.8) is 0 Å². The molecule has 0 aromatic heterocycles. The van der Waals surface area contributed by atoms with Crippen LogP contribution < -0.4 is 14.8 Å². The molecule has 0 bridgehead atoms. The number of hydrogen-bond acceptors (Lipinski definition) is 5. The van der Waals surface area contributed by atoms with Gasteiger partial charge in [-0.05, 0) is 64.3 Å². The van der Waals surface area contributed by atoms with E-state index in [0.29, 0.717) is 21.5 Å². The summed E-state index contributed by atoms with van der Waals surface area (Å²) in [5.74, 6) is -0.498. The zero-order valence-corrected chi connectivity index (χ0v) is 16.6. The number of aryl methyl sites for hydroxylation is 1. The van der Waals surface area contributed by atoms with Gasteiger partial charge in [-0.15, -0.1) is 0 Å². The molecule has 7 heteroatoms. The Morgan fingerprint density at radius 1 is 1.26 bits per heavy atom. The fraction of sp³-hybridized carbons (Fsp3) is 0.150. The molecule has 0 atom stereocenters.